The molecule has 1 aliphatic carbocycles. The van der Waals surface area contributed by atoms with Crippen LogP contribution in [-0.4, -0.2) is 12.6 Å². The first kappa shape index (κ1) is 18.8. The van der Waals surface area contributed by atoms with Crippen molar-refractivity contribution in [3.63, 3.8) is 0 Å². The van der Waals surface area contributed by atoms with Gasteiger partial charge < -0.3 is 5.32 Å². The van der Waals surface area contributed by atoms with Gasteiger partial charge in [0.25, 0.3) is 0 Å². The van der Waals surface area contributed by atoms with Gasteiger partial charge in [0.1, 0.15) is 0 Å². The maximum atomic E-state index is 3.52. The first-order valence-corrected chi connectivity index (χ1v) is 7.23. The normalized spacial score (nSPS) is 23.1. The van der Waals surface area contributed by atoms with E-state index < -0.39 is 0 Å². The van der Waals surface area contributed by atoms with Crippen molar-refractivity contribution < 1.29 is 0 Å². The van der Waals surface area contributed by atoms with Crippen LogP contribution in [0.15, 0.2) is 23.3 Å². The molecule has 0 aliphatic heterocycles. The Kier molecular flexibility index (Phi) is 13.2. The van der Waals surface area contributed by atoms with Gasteiger partial charge in [0.2, 0.25) is 0 Å². The van der Waals surface area contributed by atoms with E-state index in [-0.39, 0.29) is 0 Å². The second kappa shape index (κ2) is 11.9. The standard InChI is InChI=1S/C12H21N.2C2H6/c1-5-13-12-8-10(3)6-9(2)7-11(12)4;2*1-2/h6-7,10,12-13H,5,8H2,1-4H3;2*1-2H3. The fraction of sp³-hybridized carbons (Fsp3) is 0.750. The highest BCUT2D eigenvalue weighted by Crippen LogP contribution is 2.21. The second-order valence-corrected chi connectivity index (χ2v) is 4.12. The van der Waals surface area contributed by atoms with Crippen molar-refractivity contribution in [2.75, 3.05) is 6.54 Å². The van der Waals surface area contributed by atoms with Crippen molar-refractivity contribution in [3.05, 3.63) is 23.3 Å². The van der Waals surface area contributed by atoms with Gasteiger partial charge in [-0.15, -0.1) is 0 Å². The predicted octanol–water partition coefficient (Wildman–Crippen LogP) is 4.95. The van der Waals surface area contributed by atoms with Gasteiger partial charge in [-0.25, -0.2) is 0 Å². The Morgan fingerprint density at radius 1 is 1.18 bits per heavy atom. The first-order valence-electron chi connectivity index (χ1n) is 7.23. The number of allylic oxidation sites excluding steroid dienone is 3. The van der Waals surface area contributed by atoms with Crippen LogP contribution in [-0.2, 0) is 0 Å². The lowest BCUT2D eigenvalue weighted by Gasteiger charge is -2.19. The molecule has 0 aromatic heterocycles. The Labute approximate surface area is 109 Å². The molecule has 0 radical (unpaired) electrons. The molecule has 1 rings (SSSR count). The Hall–Kier alpha value is -0.560. The highest BCUT2D eigenvalue weighted by atomic mass is 14.9. The molecule has 0 aromatic rings. The van der Waals surface area contributed by atoms with Gasteiger partial charge >= 0.3 is 0 Å². The number of hydrogen-bond donors (Lipinski definition) is 1. The summed E-state index contributed by atoms with van der Waals surface area (Å²) in [5, 5.41) is 3.52. The van der Waals surface area contributed by atoms with Crippen LogP contribution in [0.3, 0.4) is 0 Å². The Bertz CT molecular complexity index is 226. The van der Waals surface area contributed by atoms with Crippen LogP contribution < -0.4 is 5.32 Å². The third-order valence-electron chi connectivity index (χ3n) is 2.61. The molecular weight excluding hydrogens is 206 g/mol. The Balaban J connectivity index is 0. The molecular formula is C16H33N. The van der Waals surface area contributed by atoms with Crippen LogP contribution >= 0.6 is 0 Å². The summed E-state index contributed by atoms with van der Waals surface area (Å²) >= 11 is 0. The molecule has 1 N–H and O–H groups in total. The maximum Gasteiger partial charge on any atom is 0.0285 e. The SMILES string of the molecule is CC.CC.CCNC1CC(C)C=C(C)C=C1C. The van der Waals surface area contributed by atoms with Crippen molar-refractivity contribution in [3.8, 4) is 0 Å². The van der Waals surface area contributed by atoms with Crippen LogP contribution in [0.4, 0.5) is 0 Å². The predicted molar refractivity (Wildman–Crippen MR) is 81.5 cm³/mol. The van der Waals surface area contributed by atoms with Gasteiger partial charge in [0.15, 0.2) is 0 Å². The average Bonchev–Trinajstić information content (AvgIpc) is 2.44. The van der Waals surface area contributed by atoms with E-state index in [1.54, 1.807) is 0 Å². The van der Waals surface area contributed by atoms with Crippen LogP contribution in [0.25, 0.3) is 0 Å². The topological polar surface area (TPSA) is 12.0 Å². The van der Waals surface area contributed by atoms with Crippen LogP contribution in [0, 0.1) is 5.92 Å². The van der Waals surface area contributed by atoms with E-state index in [1.807, 2.05) is 27.7 Å². The average molecular weight is 239 g/mol. The van der Waals surface area contributed by atoms with E-state index in [9.17, 15) is 0 Å². The van der Waals surface area contributed by atoms with Crippen molar-refractivity contribution in [2.45, 2.75) is 67.9 Å². The van der Waals surface area contributed by atoms with Crippen molar-refractivity contribution in [1.82, 2.24) is 5.32 Å². The highest BCUT2D eigenvalue weighted by Gasteiger charge is 2.15. The van der Waals surface area contributed by atoms with Crippen LogP contribution in [0.1, 0.15) is 61.8 Å². The molecule has 0 fully saturated rings. The summed E-state index contributed by atoms with van der Waals surface area (Å²) in [5.74, 6) is 0.692. The molecule has 0 saturated carbocycles. The number of likely N-dealkylation sites (N-methyl/N-ethyl adjacent to an activating group) is 1. The summed E-state index contributed by atoms with van der Waals surface area (Å²) in [7, 11) is 0. The quantitative estimate of drug-likeness (QED) is 0.719. The van der Waals surface area contributed by atoms with Gasteiger partial charge in [-0.3, -0.25) is 0 Å². The number of nitrogens with one attached hydrogen (secondary N) is 1. The van der Waals surface area contributed by atoms with Crippen LogP contribution in [0.2, 0.25) is 0 Å². The van der Waals surface area contributed by atoms with E-state index in [0.29, 0.717) is 12.0 Å². The summed E-state index contributed by atoms with van der Waals surface area (Å²) in [4.78, 5) is 0. The molecule has 0 aromatic carbocycles. The molecule has 0 saturated heterocycles. The summed E-state index contributed by atoms with van der Waals surface area (Å²) < 4.78 is 0. The number of hydrogen-bond acceptors (Lipinski definition) is 1. The minimum Gasteiger partial charge on any atom is -0.311 e. The summed E-state index contributed by atoms with van der Waals surface area (Å²) in [6.07, 6.45) is 5.89. The van der Waals surface area contributed by atoms with Gasteiger partial charge in [0, 0.05) is 6.04 Å². The smallest absolute Gasteiger partial charge is 0.0285 e. The first-order chi connectivity index (χ1) is 8.13. The van der Waals surface area contributed by atoms with Gasteiger partial charge in [-0.2, -0.15) is 0 Å². The van der Waals surface area contributed by atoms with Crippen molar-refractivity contribution in [1.29, 1.82) is 0 Å². The molecule has 17 heavy (non-hydrogen) atoms. The third kappa shape index (κ3) is 8.20. The Morgan fingerprint density at radius 3 is 2.18 bits per heavy atom. The minimum absolute atomic E-state index is 0.577. The molecule has 0 amide bonds. The molecule has 2 unspecified atom stereocenters. The zero-order valence-electron chi connectivity index (χ0n) is 13.2. The fourth-order valence-corrected chi connectivity index (χ4v) is 2.07. The van der Waals surface area contributed by atoms with E-state index in [2.05, 4.69) is 45.2 Å². The number of rotatable bonds is 2. The lowest BCUT2D eigenvalue weighted by molar-refractivity contribution is 0.497. The second-order valence-electron chi connectivity index (χ2n) is 4.12. The summed E-state index contributed by atoms with van der Waals surface area (Å²) in [6.45, 7) is 17.9. The molecule has 0 spiro atoms. The highest BCUT2D eigenvalue weighted by molar-refractivity contribution is 5.27. The van der Waals surface area contributed by atoms with Gasteiger partial charge in [-0.05, 0) is 32.7 Å². The van der Waals surface area contributed by atoms with Crippen molar-refractivity contribution >= 4 is 0 Å². The van der Waals surface area contributed by atoms with E-state index >= 15 is 0 Å². The van der Waals surface area contributed by atoms with Gasteiger partial charge in [-0.1, -0.05) is 64.8 Å². The third-order valence-corrected chi connectivity index (χ3v) is 2.61. The Morgan fingerprint density at radius 2 is 1.71 bits per heavy atom. The molecule has 2 atom stereocenters. The molecule has 1 nitrogen and oxygen atoms in total. The van der Waals surface area contributed by atoms with Crippen molar-refractivity contribution in [2.24, 2.45) is 5.92 Å². The van der Waals surface area contributed by atoms with Gasteiger partial charge in [0.05, 0.1) is 0 Å². The molecule has 1 aliphatic rings. The monoisotopic (exact) mass is 239 g/mol. The summed E-state index contributed by atoms with van der Waals surface area (Å²) in [6, 6.07) is 0.577. The summed E-state index contributed by atoms with van der Waals surface area (Å²) in [5.41, 5.74) is 2.88. The lowest BCUT2D eigenvalue weighted by Crippen LogP contribution is -2.30. The molecule has 0 heterocycles. The fourth-order valence-electron chi connectivity index (χ4n) is 2.07. The van der Waals surface area contributed by atoms with Crippen LogP contribution in [0.5, 0.6) is 0 Å². The van der Waals surface area contributed by atoms with E-state index in [1.165, 1.54) is 17.6 Å². The zero-order chi connectivity index (χ0) is 13.8. The lowest BCUT2D eigenvalue weighted by atomic mass is 9.99. The molecule has 102 valence electrons. The largest absolute Gasteiger partial charge is 0.311 e. The molecule has 1 heteroatoms. The maximum absolute atomic E-state index is 3.52. The van der Waals surface area contributed by atoms with E-state index in [4.69, 9.17) is 0 Å². The zero-order valence-corrected chi connectivity index (χ0v) is 13.2. The van der Waals surface area contributed by atoms with E-state index in [0.717, 1.165) is 6.54 Å². The molecule has 0 bridgehead atoms. The minimum atomic E-state index is 0.577.